The first-order valence-electron chi connectivity index (χ1n) is 6.25. The van der Waals surface area contributed by atoms with Gasteiger partial charge in [0.2, 0.25) is 0 Å². The summed E-state index contributed by atoms with van der Waals surface area (Å²) in [6.07, 6.45) is 1.57. The van der Waals surface area contributed by atoms with Crippen molar-refractivity contribution in [3.8, 4) is 0 Å². The molecule has 3 aromatic rings. The fourth-order valence-corrected chi connectivity index (χ4v) is 2.46. The number of benzene rings is 2. The van der Waals surface area contributed by atoms with E-state index in [1.807, 2.05) is 6.07 Å². The van der Waals surface area contributed by atoms with Crippen LogP contribution in [0.5, 0.6) is 0 Å². The lowest BCUT2D eigenvalue weighted by atomic mass is 10.1. The average Bonchev–Trinajstić information content (AvgIpc) is 2.50. The highest BCUT2D eigenvalue weighted by molar-refractivity contribution is 9.10. The predicted octanol–water partition coefficient (Wildman–Crippen LogP) is 4.39. The molecule has 0 saturated heterocycles. The summed E-state index contributed by atoms with van der Waals surface area (Å²) < 4.78 is 14.5. The topological polar surface area (TPSA) is 42.0 Å². The Morgan fingerprint density at radius 1 is 1.14 bits per heavy atom. The molecule has 0 aliphatic rings. The first kappa shape index (κ1) is 13.7. The van der Waals surface area contributed by atoms with Gasteiger partial charge in [-0.05, 0) is 42.5 Å². The Kier molecular flexibility index (Phi) is 3.66. The number of carbonyl (C=O) groups excluding carboxylic acids is 1. The minimum Gasteiger partial charge on any atom is -0.320 e. The monoisotopic (exact) mass is 344 g/mol. The number of fused-ring (bicyclic) bond motifs is 1. The summed E-state index contributed by atoms with van der Waals surface area (Å²) in [6, 6.07) is 13.2. The summed E-state index contributed by atoms with van der Waals surface area (Å²) in [5.74, 6) is -0.631. The van der Waals surface area contributed by atoms with Crippen LogP contribution >= 0.6 is 15.9 Å². The van der Waals surface area contributed by atoms with Crippen LogP contribution in [0, 0.1) is 5.82 Å². The van der Waals surface area contributed by atoms with Crippen LogP contribution in [0.2, 0.25) is 0 Å². The molecule has 0 radical (unpaired) electrons. The number of pyridine rings is 1. The van der Waals surface area contributed by atoms with Crippen LogP contribution in [0.25, 0.3) is 10.9 Å². The molecule has 0 atom stereocenters. The molecule has 1 aromatic heterocycles. The summed E-state index contributed by atoms with van der Waals surface area (Å²) in [5.41, 5.74) is 1.43. The molecular weight excluding hydrogens is 335 g/mol. The molecule has 5 heteroatoms. The number of anilines is 1. The molecule has 0 bridgehead atoms. The first-order chi connectivity index (χ1) is 10.1. The Bertz CT molecular complexity index is 835. The maximum absolute atomic E-state index is 13.7. The second kappa shape index (κ2) is 5.61. The SMILES string of the molecule is O=C(Nc1ccc(F)c2cccnc12)c1cccc(Br)c1. The van der Waals surface area contributed by atoms with Crippen molar-refractivity contribution in [2.45, 2.75) is 0 Å². The average molecular weight is 345 g/mol. The summed E-state index contributed by atoms with van der Waals surface area (Å²) in [7, 11) is 0. The van der Waals surface area contributed by atoms with E-state index in [0.717, 1.165) is 4.47 Å². The Labute approximate surface area is 128 Å². The van der Waals surface area contributed by atoms with Crippen LogP contribution in [0.3, 0.4) is 0 Å². The smallest absolute Gasteiger partial charge is 0.255 e. The number of aromatic nitrogens is 1. The van der Waals surface area contributed by atoms with Crippen molar-refractivity contribution in [1.29, 1.82) is 0 Å². The standard InChI is InChI=1S/C16H10BrFN2O/c17-11-4-1-3-10(9-11)16(21)20-14-7-6-13(18)12-5-2-8-19-15(12)14/h1-9H,(H,20,21). The lowest BCUT2D eigenvalue weighted by Gasteiger charge is -2.09. The Balaban J connectivity index is 1.99. The van der Waals surface area contributed by atoms with Gasteiger partial charge in [0.25, 0.3) is 5.91 Å². The lowest BCUT2D eigenvalue weighted by molar-refractivity contribution is 0.102. The third-order valence-corrected chi connectivity index (χ3v) is 3.54. The van der Waals surface area contributed by atoms with Gasteiger partial charge in [0, 0.05) is 21.6 Å². The number of halogens is 2. The highest BCUT2D eigenvalue weighted by Crippen LogP contribution is 2.24. The molecule has 0 saturated carbocycles. The minimum absolute atomic E-state index is 0.269. The van der Waals surface area contributed by atoms with Crippen molar-refractivity contribution in [2.75, 3.05) is 5.32 Å². The van der Waals surface area contributed by atoms with E-state index in [2.05, 4.69) is 26.2 Å². The van der Waals surface area contributed by atoms with Gasteiger partial charge in [-0.1, -0.05) is 22.0 Å². The molecule has 1 heterocycles. The molecule has 2 aromatic carbocycles. The van der Waals surface area contributed by atoms with E-state index in [1.165, 1.54) is 12.1 Å². The largest absolute Gasteiger partial charge is 0.320 e. The number of nitrogens with one attached hydrogen (secondary N) is 1. The molecule has 0 aliphatic heterocycles. The number of hydrogen-bond donors (Lipinski definition) is 1. The van der Waals surface area contributed by atoms with Gasteiger partial charge in [0.1, 0.15) is 5.82 Å². The molecule has 1 N–H and O–H groups in total. The van der Waals surface area contributed by atoms with Gasteiger partial charge in [-0.2, -0.15) is 0 Å². The van der Waals surface area contributed by atoms with Crippen molar-refractivity contribution in [3.63, 3.8) is 0 Å². The Morgan fingerprint density at radius 2 is 2.00 bits per heavy atom. The van der Waals surface area contributed by atoms with Crippen LogP contribution < -0.4 is 5.32 Å². The quantitative estimate of drug-likeness (QED) is 0.749. The minimum atomic E-state index is -0.362. The molecule has 3 nitrogen and oxygen atoms in total. The third-order valence-electron chi connectivity index (χ3n) is 3.05. The van der Waals surface area contributed by atoms with Gasteiger partial charge in [0.15, 0.2) is 0 Å². The molecule has 0 aliphatic carbocycles. The third kappa shape index (κ3) is 2.78. The maximum atomic E-state index is 13.7. The van der Waals surface area contributed by atoms with Crippen molar-refractivity contribution >= 4 is 38.4 Å². The first-order valence-corrected chi connectivity index (χ1v) is 7.04. The second-order valence-electron chi connectivity index (χ2n) is 4.46. The zero-order chi connectivity index (χ0) is 14.8. The Hall–Kier alpha value is -2.27. The maximum Gasteiger partial charge on any atom is 0.255 e. The fraction of sp³-hybridized carbons (Fsp3) is 0. The van der Waals surface area contributed by atoms with Gasteiger partial charge in [0.05, 0.1) is 11.2 Å². The number of rotatable bonds is 2. The number of hydrogen-bond acceptors (Lipinski definition) is 2. The summed E-state index contributed by atoms with van der Waals surface area (Å²) >= 11 is 3.32. The molecule has 1 amide bonds. The zero-order valence-electron chi connectivity index (χ0n) is 10.8. The number of amides is 1. The van der Waals surface area contributed by atoms with Crippen molar-refractivity contribution in [1.82, 2.24) is 4.98 Å². The fourth-order valence-electron chi connectivity index (χ4n) is 2.06. The van der Waals surface area contributed by atoms with Crippen molar-refractivity contribution in [2.24, 2.45) is 0 Å². The van der Waals surface area contributed by atoms with E-state index in [9.17, 15) is 9.18 Å². The molecule has 0 unspecified atom stereocenters. The van der Waals surface area contributed by atoms with Crippen LogP contribution in [0.15, 0.2) is 59.2 Å². The number of nitrogens with zero attached hydrogens (tertiary/aromatic N) is 1. The van der Waals surface area contributed by atoms with Crippen LogP contribution in [-0.4, -0.2) is 10.9 Å². The molecule has 0 fully saturated rings. The van der Waals surface area contributed by atoms with E-state index in [4.69, 9.17) is 0 Å². The zero-order valence-corrected chi connectivity index (χ0v) is 12.4. The highest BCUT2D eigenvalue weighted by Gasteiger charge is 2.11. The van der Waals surface area contributed by atoms with Crippen LogP contribution in [-0.2, 0) is 0 Å². The summed E-state index contributed by atoms with van der Waals surface area (Å²) in [6.45, 7) is 0. The molecule has 21 heavy (non-hydrogen) atoms. The van der Waals surface area contributed by atoms with Crippen LogP contribution in [0.1, 0.15) is 10.4 Å². The van der Waals surface area contributed by atoms with Gasteiger partial charge in [-0.15, -0.1) is 0 Å². The molecule has 104 valence electrons. The predicted molar refractivity (Wildman–Crippen MR) is 83.8 cm³/mol. The summed E-state index contributed by atoms with van der Waals surface area (Å²) in [5, 5.41) is 3.15. The van der Waals surface area contributed by atoms with E-state index in [-0.39, 0.29) is 11.7 Å². The van der Waals surface area contributed by atoms with Gasteiger partial charge >= 0.3 is 0 Å². The van der Waals surface area contributed by atoms with Gasteiger partial charge in [-0.25, -0.2) is 4.39 Å². The molecular formula is C16H10BrFN2O. The second-order valence-corrected chi connectivity index (χ2v) is 5.37. The Morgan fingerprint density at radius 3 is 2.81 bits per heavy atom. The lowest BCUT2D eigenvalue weighted by Crippen LogP contribution is -2.12. The highest BCUT2D eigenvalue weighted by atomic mass is 79.9. The normalized spacial score (nSPS) is 10.6. The van der Waals surface area contributed by atoms with Crippen molar-refractivity contribution < 1.29 is 9.18 Å². The van der Waals surface area contributed by atoms with Crippen LogP contribution in [0.4, 0.5) is 10.1 Å². The van der Waals surface area contributed by atoms with E-state index < -0.39 is 0 Å². The van der Waals surface area contributed by atoms with Gasteiger partial charge < -0.3 is 5.32 Å². The van der Waals surface area contributed by atoms with E-state index >= 15 is 0 Å². The van der Waals surface area contributed by atoms with E-state index in [1.54, 1.807) is 36.5 Å². The number of carbonyl (C=O) groups is 1. The summed E-state index contributed by atoms with van der Waals surface area (Å²) in [4.78, 5) is 16.4. The van der Waals surface area contributed by atoms with Gasteiger partial charge in [-0.3, -0.25) is 9.78 Å². The molecule has 3 rings (SSSR count). The molecule has 0 spiro atoms. The van der Waals surface area contributed by atoms with Crippen molar-refractivity contribution in [3.05, 3.63) is 70.6 Å². The van der Waals surface area contributed by atoms with E-state index in [0.29, 0.717) is 22.2 Å².